The van der Waals surface area contributed by atoms with Crippen LogP contribution < -0.4 is 9.47 Å². The zero-order chi connectivity index (χ0) is 18.1. The summed E-state index contributed by atoms with van der Waals surface area (Å²) < 4.78 is 11.0. The summed E-state index contributed by atoms with van der Waals surface area (Å²) in [4.78, 5) is 2.27. The summed E-state index contributed by atoms with van der Waals surface area (Å²) in [5.41, 5.74) is 3.26. The van der Waals surface area contributed by atoms with Gasteiger partial charge in [-0.3, -0.25) is 4.90 Å². The lowest BCUT2D eigenvalue weighted by molar-refractivity contribution is 0.227. The maximum Gasteiger partial charge on any atom is 0.172 e. The van der Waals surface area contributed by atoms with Crippen LogP contribution in [0.15, 0.2) is 28.7 Å². The molecule has 0 spiro atoms. The van der Waals surface area contributed by atoms with Crippen molar-refractivity contribution >= 4 is 15.9 Å². The number of hydrogen-bond acceptors (Lipinski definition) is 5. The average Bonchev–Trinajstić information content (AvgIpc) is 2.61. The second-order valence-corrected chi connectivity index (χ2v) is 7.06. The van der Waals surface area contributed by atoms with Crippen molar-refractivity contribution in [2.45, 2.75) is 18.9 Å². The third-order valence-electron chi connectivity index (χ3n) is 4.86. The number of phenols is 2. The summed E-state index contributed by atoms with van der Waals surface area (Å²) in [6.45, 7) is 0.922. The van der Waals surface area contributed by atoms with Crippen LogP contribution >= 0.6 is 15.9 Å². The van der Waals surface area contributed by atoms with Gasteiger partial charge in [-0.05, 0) is 70.7 Å². The second kappa shape index (κ2) is 7.14. The third-order valence-corrected chi connectivity index (χ3v) is 5.74. The second-order valence-electron chi connectivity index (χ2n) is 6.26. The van der Waals surface area contributed by atoms with Crippen LogP contribution in [0.25, 0.3) is 0 Å². The van der Waals surface area contributed by atoms with E-state index < -0.39 is 0 Å². The van der Waals surface area contributed by atoms with Crippen LogP contribution in [0, 0.1) is 0 Å². The van der Waals surface area contributed by atoms with Gasteiger partial charge >= 0.3 is 0 Å². The molecule has 1 unspecified atom stereocenters. The van der Waals surface area contributed by atoms with E-state index in [1.54, 1.807) is 19.2 Å². The van der Waals surface area contributed by atoms with Crippen molar-refractivity contribution in [3.8, 4) is 23.0 Å². The summed E-state index contributed by atoms with van der Waals surface area (Å²) in [5, 5.41) is 20.4. The van der Waals surface area contributed by atoms with E-state index in [-0.39, 0.29) is 17.5 Å². The molecular formula is C19H22BrNO4. The molecule has 134 valence electrons. The van der Waals surface area contributed by atoms with E-state index in [4.69, 9.17) is 9.47 Å². The molecule has 0 aliphatic carbocycles. The maximum atomic E-state index is 10.2. The van der Waals surface area contributed by atoms with E-state index in [1.165, 1.54) is 12.7 Å². The third kappa shape index (κ3) is 3.28. The first-order chi connectivity index (χ1) is 12.0. The Labute approximate surface area is 155 Å². The van der Waals surface area contributed by atoms with Crippen molar-refractivity contribution in [2.75, 3.05) is 27.8 Å². The summed E-state index contributed by atoms with van der Waals surface area (Å²) in [6.07, 6.45) is 1.61. The molecule has 6 heteroatoms. The molecule has 25 heavy (non-hydrogen) atoms. The van der Waals surface area contributed by atoms with Gasteiger partial charge < -0.3 is 19.7 Å². The first-order valence-electron chi connectivity index (χ1n) is 8.10. The topological polar surface area (TPSA) is 62.2 Å². The van der Waals surface area contributed by atoms with Crippen molar-refractivity contribution in [3.63, 3.8) is 0 Å². The molecule has 3 rings (SSSR count). The van der Waals surface area contributed by atoms with Gasteiger partial charge in [0.25, 0.3) is 0 Å². The van der Waals surface area contributed by atoms with Crippen molar-refractivity contribution < 1.29 is 19.7 Å². The molecule has 0 amide bonds. The van der Waals surface area contributed by atoms with Crippen molar-refractivity contribution in [3.05, 3.63) is 45.4 Å². The molecule has 0 bridgehead atoms. The number of nitrogens with zero attached hydrogens (tertiary/aromatic N) is 1. The van der Waals surface area contributed by atoms with Gasteiger partial charge in [-0.1, -0.05) is 6.07 Å². The van der Waals surface area contributed by atoms with Crippen LogP contribution in [0.2, 0.25) is 0 Å². The van der Waals surface area contributed by atoms with Crippen LogP contribution in [0.1, 0.15) is 22.7 Å². The Bertz CT molecular complexity index is 793. The summed E-state index contributed by atoms with van der Waals surface area (Å²) in [7, 11) is 5.17. The van der Waals surface area contributed by atoms with E-state index in [0.29, 0.717) is 22.4 Å². The number of halogens is 1. The van der Waals surface area contributed by atoms with E-state index in [2.05, 4.69) is 27.9 Å². The van der Waals surface area contributed by atoms with Crippen molar-refractivity contribution in [2.24, 2.45) is 0 Å². The fraction of sp³-hybridized carbons (Fsp3) is 0.368. The number of aromatic hydroxyl groups is 2. The minimum atomic E-state index is 0.102. The maximum absolute atomic E-state index is 10.2. The normalized spacial score (nSPS) is 17.2. The number of methoxy groups -OCH3 is 2. The van der Waals surface area contributed by atoms with Crippen LogP contribution in [-0.2, 0) is 12.8 Å². The quantitative estimate of drug-likeness (QED) is 0.809. The fourth-order valence-electron chi connectivity index (χ4n) is 3.39. The number of benzene rings is 2. The zero-order valence-electron chi connectivity index (χ0n) is 14.5. The molecule has 2 aromatic rings. The van der Waals surface area contributed by atoms with Crippen LogP contribution in [0.5, 0.6) is 23.0 Å². The number of fused-ring (bicyclic) bond motifs is 1. The van der Waals surface area contributed by atoms with Gasteiger partial charge in [0.1, 0.15) is 0 Å². The highest BCUT2D eigenvalue weighted by Crippen LogP contribution is 2.42. The molecule has 0 saturated heterocycles. The Hall–Kier alpha value is -1.92. The molecule has 0 fully saturated rings. The molecule has 0 radical (unpaired) electrons. The Morgan fingerprint density at radius 3 is 2.56 bits per heavy atom. The highest BCUT2D eigenvalue weighted by molar-refractivity contribution is 9.10. The van der Waals surface area contributed by atoms with E-state index in [9.17, 15) is 10.2 Å². The molecule has 0 aromatic heterocycles. The smallest absolute Gasteiger partial charge is 0.172 e. The monoisotopic (exact) mass is 407 g/mol. The molecule has 1 heterocycles. The summed E-state index contributed by atoms with van der Waals surface area (Å²) >= 11 is 3.48. The number of likely N-dealkylation sites (N-methyl/N-ethyl adjacent to an activating group) is 1. The Morgan fingerprint density at radius 1 is 1.16 bits per heavy atom. The Kier molecular flexibility index (Phi) is 5.11. The molecule has 2 N–H and O–H groups in total. The van der Waals surface area contributed by atoms with Gasteiger partial charge in [0.2, 0.25) is 0 Å². The van der Waals surface area contributed by atoms with Crippen LogP contribution in [-0.4, -0.2) is 42.9 Å². The lowest BCUT2D eigenvalue weighted by Gasteiger charge is -2.35. The number of rotatable bonds is 4. The van der Waals surface area contributed by atoms with Gasteiger partial charge in [-0.15, -0.1) is 0 Å². The average molecular weight is 408 g/mol. The standard InChI is InChI=1S/C19H22BrNO4/c1-21-7-6-11-9-17(25-3)15(22)10-13(11)14(21)8-12-4-5-16(24-2)19(23)18(12)20/h4-5,9-10,14,22-23H,6-8H2,1-3H3. The SMILES string of the molecule is COc1cc2c(cc1O)C(Cc1ccc(OC)c(O)c1Br)N(C)CC2. The van der Waals surface area contributed by atoms with Crippen LogP contribution in [0.3, 0.4) is 0 Å². The molecule has 5 nitrogen and oxygen atoms in total. The molecule has 2 aromatic carbocycles. The van der Waals surface area contributed by atoms with Crippen LogP contribution in [0.4, 0.5) is 0 Å². The first-order valence-corrected chi connectivity index (χ1v) is 8.89. The number of ether oxygens (including phenoxy) is 2. The molecule has 1 aliphatic rings. The van der Waals surface area contributed by atoms with Crippen molar-refractivity contribution in [1.82, 2.24) is 4.90 Å². The minimum absolute atomic E-state index is 0.102. The zero-order valence-corrected chi connectivity index (χ0v) is 16.1. The van der Waals surface area contributed by atoms with Crippen molar-refractivity contribution in [1.29, 1.82) is 0 Å². The Balaban J connectivity index is 1.99. The number of hydrogen-bond donors (Lipinski definition) is 2. The van der Waals surface area contributed by atoms with E-state index >= 15 is 0 Å². The molecular weight excluding hydrogens is 386 g/mol. The highest BCUT2D eigenvalue weighted by atomic mass is 79.9. The first kappa shape index (κ1) is 17.9. The highest BCUT2D eigenvalue weighted by Gasteiger charge is 2.28. The summed E-state index contributed by atoms with van der Waals surface area (Å²) in [5.74, 6) is 1.20. The van der Waals surface area contributed by atoms with Gasteiger partial charge in [-0.2, -0.15) is 0 Å². The number of phenolic OH excluding ortho intramolecular Hbond substituents is 2. The predicted molar refractivity (Wildman–Crippen MR) is 99.8 cm³/mol. The predicted octanol–water partition coefficient (Wildman–Crippen LogP) is 3.65. The van der Waals surface area contributed by atoms with Gasteiger partial charge in [-0.25, -0.2) is 0 Å². The Morgan fingerprint density at radius 2 is 1.88 bits per heavy atom. The largest absolute Gasteiger partial charge is 0.504 e. The minimum Gasteiger partial charge on any atom is -0.504 e. The molecule has 1 atom stereocenters. The van der Waals surface area contributed by atoms with Gasteiger partial charge in [0.15, 0.2) is 23.0 Å². The van der Waals surface area contributed by atoms with Gasteiger partial charge in [0.05, 0.1) is 18.7 Å². The molecule has 0 saturated carbocycles. The fourth-order valence-corrected chi connectivity index (χ4v) is 3.88. The lowest BCUT2D eigenvalue weighted by Crippen LogP contribution is -2.33. The van der Waals surface area contributed by atoms with Gasteiger partial charge in [0, 0.05) is 12.6 Å². The van der Waals surface area contributed by atoms with E-state index in [1.807, 2.05) is 12.1 Å². The van der Waals surface area contributed by atoms with E-state index in [0.717, 1.165) is 24.1 Å². The molecule has 1 aliphatic heterocycles. The lowest BCUT2D eigenvalue weighted by atomic mass is 9.88. The summed E-state index contributed by atoms with van der Waals surface area (Å²) in [6, 6.07) is 7.54.